The highest BCUT2D eigenvalue weighted by Gasteiger charge is 2.03. The first-order valence-electron chi connectivity index (χ1n) is 9.04. The largest absolute Gasteiger partial charge is 0.355 e. The van der Waals surface area contributed by atoms with Crippen LogP contribution >= 0.6 is 11.8 Å². The van der Waals surface area contributed by atoms with Crippen LogP contribution in [-0.4, -0.2) is 18.2 Å². The maximum absolute atomic E-state index is 11.9. The maximum Gasteiger partial charge on any atom is 0.230 e. The molecule has 0 bridgehead atoms. The average molecular weight is 356 g/mol. The van der Waals surface area contributed by atoms with Gasteiger partial charge in [-0.1, -0.05) is 62.4 Å². The van der Waals surface area contributed by atoms with Gasteiger partial charge in [0.1, 0.15) is 0 Å². The molecule has 0 aliphatic heterocycles. The second-order valence-corrected chi connectivity index (χ2v) is 7.75. The highest BCUT2D eigenvalue weighted by atomic mass is 32.2. The lowest BCUT2D eigenvalue weighted by Gasteiger charge is -2.08. The Bertz CT molecular complexity index is 664. The van der Waals surface area contributed by atoms with Gasteiger partial charge in [0.25, 0.3) is 0 Å². The molecule has 2 nitrogen and oxygen atoms in total. The molecule has 0 saturated heterocycles. The molecule has 0 aliphatic carbocycles. The van der Waals surface area contributed by atoms with Crippen molar-refractivity contribution in [3.05, 3.63) is 70.8 Å². The van der Waals surface area contributed by atoms with Crippen molar-refractivity contribution >= 4 is 17.7 Å². The topological polar surface area (TPSA) is 29.1 Å². The fraction of sp³-hybridized carbons (Fsp3) is 0.409. The minimum Gasteiger partial charge on any atom is -0.355 e. The van der Waals surface area contributed by atoms with Crippen LogP contribution in [0.25, 0.3) is 0 Å². The third kappa shape index (κ3) is 6.95. The fourth-order valence-corrected chi connectivity index (χ4v) is 3.60. The quantitative estimate of drug-likeness (QED) is 0.634. The Morgan fingerprint density at radius 3 is 2.48 bits per heavy atom. The van der Waals surface area contributed by atoms with Crippen LogP contribution in [0.4, 0.5) is 0 Å². The summed E-state index contributed by atoms with van der Waals surface area (Å²) in [5.41, 5.74) is 5.32. The monoisotopic (exact) mass is 355 g/mol. The molecule has 0 saturated carbocycles. The molecular weight excluding hydrogens is 326 g/mol. The molecule has 25 heavy (non-hydrogen) atoms. The molecule has 1 amide bonds. The molecule has 0 fully saturated rings. The molecule has 2 aromatic rings. The molecule has 0 spiro atoms. The minimum absolute atomic E-state index is 0.133. The van der Waals surface area contributed by atoms with E-state index in [2.05, 4.69) is 68.6 Å². The van der Waals surface area contributed by atoms with Gasteiger partial charge in [0.2, 0.25) is 5.91 Å². The Balaban J connectivity index is 1.60. The van der Waals surface area contributed by atoms with Gasteiger partial charge in [-0.05, 0) is 47.9 Å². The lowest BCUT2D eigenvalue weighted by molar-refractivity contribution is -0.118. The summed E-state index contributed by atoms with van der Waals surface area (Å²) in [4.78, 5) is 11.9. The second-order valence-electron chi connectivity index (χ2n) is 6.77. The van der Waals surface area contributed by atoms with E-state index in [1.165, 1.54) is 22.3 Å². The van der Waals surface area contributed by atoms with E-state index in [9.17, 15) is 4.79 Å². The van der Waals surface area contributed by atoms with E-state index in [1.54, 1.807) is 11.8 Å². The van der Waals surface area contributed by atoms with Gasteiger partial charge in [0.05, 0.1) is 5.75 Å². The first-order valence-corrected chi connectivity index (χ1v) is 10.2. The smallest absolute Gasteiger partial charge is 0.230 e. The highest BCUT2D eigenvalue weighted by Crippen LogP contribution is 2.16. The number of thioether (sulfide) groups is 1. The maximum atomic E-state index is 11.9. The number of benzene rings is 2. The van der Waals surface area contributed by atoms with E-state index in [0.717, 1.165) is 25.1 Å². The van der Waals surface area contributed by atoms with Crippen molar-refractivity contribution < 1.29 is 4.79 Å². The van der Waals surface area contributed by atoms with Crippen LogP contribution < -0.4 is 5.32 Å². The van der Waals surface area contributed by atoms with E-state index in [0.29, 0.717) is 11.7 Å². The summed E-state index contributed by atoms with van der Waals surface area (Å²) in [5, 5.41) is 3.02. The molecular formula is C22H29NOS. The van der Waals surface area contributed by atoms with E-state index >= 15 is 0 Å². The van der Waals surface area contributed by atoms with Crippen LogP contribution in [0.3, 0.4) is 0 Å². The Kier molecular flexibility index (Phi) is 8.07. The normalized spacial score (nSPS) is 10.9. The molecule has 3 heteroatoms. The van der Waals surface area contributed by atoms with Crippen LogP contribution in [0, 0.1) is 6.92 Å². The van der Waals surface area contributed by atoms with Crippen molar-refractivity contribution in [1.29, 1.82) is 0 Å². The van der Waals surface area contributed by atoms with E-state index < -0.39 is 0 Å². The number of hydrogen-bond acceptors (Lipinski definition) is 2. The third-order valence-electron chi connectivity index (χ3n) is 4.36. The van der Waals surface area contributed by atoms with Crippen molar-refractivity contribution in [1.82, 2.24) is 5.32 Å². The van der Waals surface area contributed by atoms with Crippen molar-refractivity contribution in [2.45, 2.75) is 45.3 Å². The van der Waals surface area contributed by atoms with Crippen LogP contribution in [-0.2, 0) is 17.0 Å². The standard InChI is InChI=1S/C22H29NOS/c1-17(2)20-12-10-19(11-13-20)8-6-14-23-22(24)16-25-15-21-9-5-4-7-18(21)3/h4-5,7,9-13,17H,6,8,14-16H2,1-3H3,(H,23,24). The predicted molar refractivity (Wildman–Crippen MR) is 109 cm³/mol. The minimum atomic E-state index is 0.133. The highest BCUT2D eigenvalue weighted by molar-refractivity contribution is 7.99. The first kappa shape index (κ1) is 19.6. The molecule has 0 aromatic heterocycles. The second kappa shape index (κ2) is 10.3. The van der Waals surface area contributed by atoms with Gasteiger partial charge in [0, 0.05) is 12.3 Å². The number of carbonyl (C=O) groups excluding carboxylic acids is 1. The Morgan fingerprint density at radius 1 is 1.08 bits per heavy atom. The van der Waals surface area contributed by atoms with Gasteiger partial charge >= 0.3 is 0 Å². The molecule has 0 aliphatic rings. The van der Waals surface area contributed by atoms with Crippen molar-refractivity contribution in [2.24, 2.45) is 0 Å². The Labute approximate surface area is 156 Å². The van der Waals surface area contributed by atoms with Crippen LogP contribution in [0.5, 0.6) is 0 Å². The molecule has 2 aromatic carbocycles. The molecule has 134 valence electrons. The van der Waals surface area contributed by atoms with Gasteiger partial charge in [-0.2, -0.15) is 0 Å². The Morgan fingerprint density at radius 2 is 1.80 bits per heavy atom. The van der Waals surface area contributed by atoms with Gasteiger partial charge in [-0.15, -0.1) is 11.8 Å². The van der Waals surface area contributed by atoms with E-state index in [4.69, 9.17) is 0 Å². The van der Waals surface area contributed by atoms with Crippen LogP contribution in [0.2, 0.25) is 0 Å². The number of carbonyl (C=O) groups is 1. The SMILES string of the molecule is Cc1ccccc1CSCC(=O)NCCCc1ccc(C(C)C)cc1. The van der Waals surface area contributed by atoms with Gasteiger partial charge in [0.15, 0.2) is 0 Å². The molecule has 0 heterocycles. The van der Waals surface area contributed by atoms with Gasteiger partial charge in [-0.25, -0.2) is 0 Å². The summed E-state index contributed by atoms with van der Waals surface area (Å²) in [5.74, 6) is 2.12. The zero-order valence-electron chi connectivity index (χ0n) is 15.5. The molecule has 2 rings (SSSR count). The molecule has 0 unspecified atom stereocenters. The first-order chi connectivity index (χ1) is 12.1. The van der Waals surface area contributed by atoms with Crippen LogP contribution in [0.1, 0.15) is 48.4 Å². The zero-order valence-corrected chi connectivity index (χ0v) is 16.4. The summed E-state index contributed by atoms with van der Waals surface area (Å²) in [6, 6.07) is 17.2. The van der Waals surface area contributed by atoms with Crippen molar-refractivity contribution in [2.75, 3.05) is 12.3 Å². The fourth-order valence-electron chi connectivity index (χ4n) is 2.67. The zero-order chi connectivity index (χ0) is 18.1. The summed E-state index contributed by atoms with van der Waals surface area (Å²) in [6.45, 7) is 7.28. The third-order valence-corrected chi connectivity index (χ3v) is 5.34. The molecule has 1 N–H and O–H groups in total. The van der Waals surface area contributed by atoms with Gasteiger partial charge < -0.3 is 5.32 Å². The number of aryl methyl sites for hydroxylation is 2. The molecule has 0 atom stereocenters. The summed E-state index contributed by atoms with van der Waals surface area (Å²) >= 11 is 1.68. The number of rotatable bonds is 9. The number of amides is 1. The van der Waals surface area contributed by atoms with Crippen molar-refractivity contribution in [3.63, 3.8) is 0 Å². The van der Waals surface area contributed by atoms with E-state index in [1.807, 2.05) is 6.07 Å². The summed E-state index contributed by atoms with van der Waals surface area (Å²) in [6.07, 6.45) is 1.99. The lowest BCUT2D eigenvalue weighted by Crippen LogP contribution is -2.26. The summed E-state index contributed by atoms with van der Waals surface area (Å²) in [7, 11) is 0. The number of nitrogens with one attached hydrogen (secondary N) is 1. The lowest BCUT2D eigenvalue weighted by atomic mass is 10.0. The predicted octanol–water partition coefficient (Wildman–Crippen LogP) is 5.10. The van der Waals surface area contributed by atoms with Crippen molar-refractivity contribution in [3.8, 4) is 0 Å². The van der Waals surface area contributed by atoms with E-state index in [-0.39, 0.29) is 5.91 Å². The van der Waals surface area contributed by atoms with Gasteiger partial charge in [-0.3, -0.25) is 4.79 Å². The molecule has 0 radical (unpaired) electrons. The Hall–Kier alpha value is -1.74. The number of hydrogen-bond donors (Lipinski definition) is 1. The van der Waals surface area contributed by atoms with Crippen LogP contribution in [0.15, 0.2) is 48.5 Å². The summed E-state index contributed by atoms with van der Waals surface area (Å²) < 4.78 is 0. The average Bonchev–Trinajstić information content (AvgIpc) is 2.61.